The standard InChI is InChI=1S/C28H34ClN3O6S/c1-28(2,3)38-27(36)20-6-4-5-18(15-30-26(35)21-11-12-22(29)39-21)24(20)31-25(34)17-7-9-19(10-8-17)32-13-14-37-16-23(32)33/h4-6,11-12,17,19H,7-10,13-16H2,1-3H3,(H,30,35)(H,31,34). The minimum absolute atomic E-state index is 0.00283. The normalized spacial score (nSPS) is 19.9. The van der Waals surface area contributed by atoms with Gasteiger partial charge in [-0.3, -0.25) is 14.4 Å². The van der Waals surface area contributed by atoms with Gasteiger partial charge in [0.25, 0.3) is 5.91 Å². The highest BCUT2D eigenvalue weighted by atomic mass is 35.5. The molecular weight excluding hydrogens is 542 g/mol. The molecule has 4 rings (SSSR count). The lowest BCUT2D eigenvalue weighted by atomic mass is 9.84. The number of hydrogen-bond acceptors (Lipinski definition) is 7. The van der Waals surface area contributed by atoms with Gasteiger partial charge in [-0.25, -0.2) is 4.79 Å². The first-order chi connectivity index (χ1) is 18.5. The number of nitrogens with zero attached hydrogens (tertiary/aromatic N) is 1. The summed E-state index contributed by atoms with van der Waals surface area (Å²) in [6, 6.07) is 8.46. The van der Waals surface area contributed by atoms with Crippen LogP contribution in [0.2, 0.25) is 4.34 Å². The van der Waals surface area contributed by atoms with Crippen LogP contribution in [-0.4, -0.2) is 60.0 Å². The Bertz CT molecular complexity index is 1230. The molecule has 2 fully saturated rings. The smallest absolute Gasteiger partial charge is 0.340 e. The van der Waals surface area contributed by atoms with E-state index in [9.17, 15) is 19.2 Å². The number of anilines is 1. The maximum Gasteiger partial charge on any atom is 0.340 e. The van der Waals surface area contributed by atoms with E-state index in [0.29, 0.717) is 46.5 Å². The number of para-hydroxylation sites is 1. The number of rotatable bonds is 7. The first-order valence-corrected chi connectivity index (χ1v) is 14.3. The van der Waals surface area contributed by atoms with E-state index in [1.807, 2.05) is 4.90 Å². The molecule has 1 aromatic heterocycles. The van der Waals surface area contributed by atoms with Crippen LogP contribution in [0.1, 0.15) is 72.0 Å². The van der Waals surface area contributed by atoms with Crippen LogP contribution in [0.25, 0.3) is 0 Å². The number of nitrogens with one attached hydrogen (secondary N) is 2. The Morgan fingerprint density at radius 3 is 2.51 bits per heavy atom. The van der Waals surface area contributed by atoms with Crippen molar-refractivity contribution in [2.45, 2.75) is 64.6 Å². The Hall–Kier alpha value is -2.95. The van der Waals surface area contributed by atoms with Gasteiger partial charge in [-0.1, -0.05) is 23.7 Å². The van der Waals surface area contributed by atoms with Crippen molar-refractivity contribution in [3.63, 3.8) is 0 Å². The lowest BCUT2D eigenvalue weighted by Gasteiger charge is -2.38. The van der Waals surface area contributed by atoms with E-state index < -0.39 is 11.6 Å². The monoisotopic (exact) mass is 575 g/mol. The molecule has 210 valence electrons. The number of hydrogen-bond donors (Lipinski definition) is 2. The van der Waals surface area contributed by atoms with E-state index in [1.165, 1.54) is 11.3 Å². The molecular formula is C28H34ClN3O6S. The Balaban J connectivity index is 1.49. The SMILES string of the molecule is CC(C)(C)OC(=O)c1cccc(CNC(=O)c2ccc(Cl)s2)c1NC(=O)C1CCC(N2CCOCC2=O)CC1. The van der Waals surface area contributed by atoms with Crippen molar-refractivity contribution in [1.29, 1.82) is 0 Å². The van der Waals surface area contributed by atoms with Crippen LogP contribution in [0, 0.1) is 5.92 Å². The average molecular weight is 576 g/mol. The second-order valence-corrected chi connectivity index (χ2v) is 12.5. The number of benzene rings is 1. The highest BCUT2D eigenvalue weighted by Gasteiger charge is 2.33. The zero-order chi connectivity index (χ0) is 28.2. The van der Waals surface area contributed by atoms with E-state index in [4.69, 9.17) is 21.1 Å². The molecule has 1 aliphatic heterocycles. The van der Waals surface area contributed by atoms with Crippen molar-refractivity contribution in [2.24, 2.45) is 5.92 Å². The summed E-state index contributed by atoms with van der Waals surface area (Å²) in [6.07, 6.45) is 2.70. The van der Waals surface area contributed by atoms with Crippen LogP contribution < -0.4 is 10.6 Å². The topological polar surface area (TPSA) is 114 Å². The van der Waals surface area contributed by atoms with Gasteiger partial charge in [-0.05, 0) is 70.2 Å². The third kappa shape index (κ3) is 7.58. The molecule has 1 saturated heterocycles. The van der Waals surface area contributed by atoms with Crippen molar-refractivity contribution in [3.8, 4) is 0 Å². The van der Waals surface area contributed by atoms with Gasteiger partial charge in [0.2, 0.25) is 11.8 Å². The van der Waals surface area contributed by atoms with Crippen molar-refractivity contribution in [2.75, 3.05) is 25.1 Å². The lowest BCUT2D eigenvalue weighted by Crippen LogP contribution is -2.49. The second-order valence-electron chi connectivity index (χ2n) is 10.8. The average Bonchev–Trinajstić information content (AvgIpc) is 3.33. The van der Waals surface area contributed by atoms with E-state index in [0.717, 1.165) is 12.8 Å². The summed E-state index contributed by atoms with van der Waals surface area (Å²) in [7, 11) is 0. The summed E-state index contributed by atoms with van der Waals surface area (Å²) in [5, 5.41) is 5.82. The fourth-order valence-electron chi connectivity index (χ4n) is 4.89. The quantitative estimate of drug-likeness (QED) is 0.465. The van der Waals surface area contributed by atoms with Crippen LogP contribution >= 0.6 is 22.9 Å². The van der Waals surface area contributed by atoms with E-state index in [-0.39, 0.29) is 48.4 Å². The second kappa shape index (κ2) is 12.5. The zero-order valence-corrected chi connectivity index (χ0v) is 24.0. The Morgan fingerprint density at radius 2 is 1.87 bits per heavy atom. The van der Waals surface area contributed by atoms with Gasteiger partial charge in [0.15, 0.2) is 0 Å². The van der Waals surface area contributed by atoms with Gasteiger partial charge in [0.1, 0.15) is 12.2 Å². The molecule has 2 heterocycles. The van der Waals surface area contributed by atoms with Crippen LogP contribution in [0.4, 0.5) is 5.69 Å². The number of esters is 1. The number of carbonyl (C=O) groups is 4. The fraction of sp³-hybridized carbons (Fsp3) is 0.500. The van der Waals surface area contributed by atoms with E-state index >= 15 is 0 Å². The van der Waals surface area contributed by atoms with Crippen LogP contribution in [-0.2, 0) is 25.6 Å². The van der Waals surface area contributed by atoms with Gasteiger partial charge in [-0.2, -0.15) is 0 Å². The van der Waals surface area contributed by atoms with Gasteiger partial charge in [0, 0.05) is 25.0 Å². The fourth-order valence-corrected chi connectivity index (χ4v) is 5.85. The molecule has 2 aliphatic rings. The molecule has 9 nitrogen and oxygen atoms in total. The summed E-state index contributed by atoms with van der Waals surface area (Å²) >= 11 is 7.13. The molecule has 11 heteroatoms. The third-order valence-corrected chi connectivity index (χ3v) is 8.01. The van der Waals surface area contributed by atoms with Crippen molar-refractivity contribution < 1.29 is 28.7 Å². The highest BCUT2D eigenvalue weighted by molar-refractivity contribution is 7.18. The summed E-state index contributed by atoms with van der Waals surface area (Å²) in [5.74, 6) is -1.33. The van der Waals surface area contributed by atoms with Crippen LogP contribution in [0.15, 0.2) is 30.3 Å². The molecule has 0 unspecified atom stereocenters. The number of carbonyl (C=O) groups excluding carboxylic acids is 4. The van der Waals surface area contributed by atoms with Crippen molar-refractivity contribution in [1.82, 2.24) is 10.2 Å². The predicted molar refractivity (Wildman–Crippen MR) is 149 cm³/mol. The minimum atomic E-state index is -0.726. The van der Waals surface area contributed by atoms with Crippen molar-refractivity contribution >= 4 is 52.3 Å². The number of halogens is 1. The van der Waals surface area contributed by atoms with Gasteiger partial charge < -0.3 is 25.0 Å². The molecule has 3 amide bonds. The molecule has 0 bridgehead atoms. The largest absolute Gasteiger partial charge is 0.456 e. The zero-order valence-electron chi connectivity index (χ0n) is 22.4. The van der Waals surface area contributed by atoms with Gasteiger partial charge in [-0.15, -0.1) is 11.3 Å². The maximum absolute atomic E-state index is 13.4. The highest BCUT2D eigenvalue weighted by Crippen LogP contribution is 2.31. The predicted octanol–water partition coefficient (Wildman–Crippen LogP) is 4.64. The molecule has 0 atom stereocenters. The van der Waals surface area contributed by atoms with Crippen molar-refractivity contribution in [3.05, 3.63) is 50.7 Å². The van der Waals surface area contributed by atoms with Gasteiger partial charge >= 0.3 is 5.97 Å². The van der Waals surface area contributed by atoms with E-state index in [2.05, 4.69) is 10.6 Å². The molecule has 1 saturated carbocycles. The molecule has 39 heavy (non-hydrogen) atoms. The first kappa shape index (κ1) is 29.0. The molecule has 0 radical (unpaired) electrons. The molecule has 2 N–H and O–H groups in total. The summed E-state index contributed by atoms with van der Waals surface area (Å²) < 4.78 is 11.3. The Kier molecular flexibility index (Phi) is 9.30. The van der Waals surface area contributed by atoms with E-state index in [1.54, 1.807) is 51.1 Å². The Morgan fingerprint density at radius 1 is 1.13 bits per heavy atom. The first-order valence-electron chi connectivity index (χ1n) is 13.1. The molecule has 2 aromatic rings. The lowest BCUT2D eigenvalue weighted by molar-refractivity contribution is -0.146. The number of thiophene rings is 1. The number of morpholine rings is 1. The summed E-state index contributed by atoms with van der Waals surface area (Å²) in [6.45, 7) is 6.64. The third-order valence-electron chi connectivity index (χ3n) is 6.78. The van der Waals surface area contributed by atoms with Gasteiger partial charge in [0.05, 0.1) is 27.1 Å². The molecule has 1 aliphatic carbocycles. The maximum atomic E-state index is 13.4. The summed E-state index contributed by atoms with van der Waals surface area (Å²) in [5.41, 5.74) is 0.398. The summed E-state index contributed by atoms with van der Waals surface area (Å²) in [4.78, 5) is 53.7. The van der Waals surface area contributed by atoms with Crippen LogP contribution in [0.3, 0.4) is 0 Å². The number of amides is 3. The number of ether oxygens (including phenoxy) is 2. The molecule has 0 spiro atoms. The molecule has 1 aromatic carbocycles. The Labute approximate surface area is 237 Å². The van der Waals surface area contributed by atoms with Crippen LogP contribution in [0.5, 0.6) is 0 Å². The minimum Gasteiger partial charge on any atom is -0.456 e.